The summed E-state index contributed by atoms with van der Waals surface area (Å²) in [5.41, 5.74) is 10.4. The fourth-order valence-corrected chi connectivity index (χ4v) is 2.38. The van der Waals surface area contributed by atoms with E-state index in [1.54, 1.807) is 0 Å². The molecule has 1 aromatic rings. The normalized spacial score (nSPS) is 13.2. The number of sulfone groups is 1. The number of aromatic nitrogens is 1. The van der Waals surface area contributed by atoms with Crippen molar-refractivity contribution in [3.8, 4) is 0 Å². The molecule has 0 spiro atoms. The van der Waals surface area contributed by atoms with Crippen LogP contribution in [0.1, 0.15) is 5.69 Å². The number of guanidine groups is 1. The van der Waals surface area contributed by atoms with E-state index >= 15 is 0 Å². The lowest BCUT2D eigenvalue weighted by atomic mass is 10.5. The van der Waals surface area contributed by atoms with Crippen LogP contribution in [0.15, 0.2) is 15.4 Å². The van der Waals surface area contributed by atoms with Gasteiger partial charge >= 0.3 is 5.51 Å². The van der Waals surface area contributed by atoms with Crippen molar-refractivity contribution in [1.82, 2.24) is 4.98 Å². The second-order valence-corrected chi connectivity index (χ2v) is 6.49. The van der Waals surface area contributed by atoms with Crippen LogP contribution in [0.3, 0.4) is 0 Å². The maximum absolute atomic E-state index is 12.1. The number of thiazole rings is 1. The average Bonchev–Trinajstić information content (AvgIpc) is 2.71. The maximum atomic E-state index is 12.1. The predicted octanol–water partition coefficient (Wildman–Crippen LogP) is -0.160. The van der Waals surface area contributed by atoms with E-state index < -0.39 is 26.9 Å². The number of amidine groups is 1. The molecule has 0 aliphatic rings. The zero-order valence-electron chi connectivity index (χ0n) is 10.3. The van der Waals surface area contributed by atoms with E-state index in [2.05, 4.69) is 15.0 Å². The van der Waals surface area contributed by atoms with Gasteiger partial charge in [-0.25, -0.2) is 13.4 Å². The van der Waals surface area contributed by atoms with E-state index in [1.165, 1.54) is 5.38 Å². The fraction of sp³-hybridized carbons (Fsp3) is 0.375. The van der Waals surface area contributed by atoms with Gasteiger partial charge in [0.25, 0.3) is 9.84 Å². The number of aliphatic imine (C=N–C) groups is 2. The van der Waals surface area contributed by atoms with Crippen LogP contribution in [-0.2, 0) is 16.4 Å². The van der Waals surface area contributed by atoms with Gasteiger partial charge in [-0.1, -0.05) is 0 Å². The standard InChI is InChI=1S/C8H11F3N6O2S2/c9-8(10,11)21(18,19)3-5(12)15-1-4-2-20-7(16-4)17-6(13)14/h2H,1,3H2,(H2,12,15)(H4,13,14,16,17). The zero-order valence-corrected chi connectivity index (χ0v) is 12.0. The highest BCUT2D eigenvalue weighted by molar-refractivity contribution is 7.92. The molecule has 0 aliphatic carbocycles. The number of rotatable bonds is 5. The van der Waals surface area contributed by atoms with Gasteiger partial charge in [0.05, 0.1) is 12.2 Å². The number of halogens is 3. The Labute approximate surface area is 121 Å². The number of hydrogen-bond donors (Lipinski definition) is 3. The molecule has 0 atom stereocenters. The molecular formula is C8H11F3N6O2S2. The smallest absolute Gasteiger partial charge is 0.387 e. The van der Waals surface area contributed by atoms with Crippen molar-refractivity contribution < 1.29 is 21.6 Å². The number of alkyl halides is 3. The van der Waals surface area contributed by atoms with Crippen molar-refractivity contribution >= 4 is 38.1 Å². The fourth-order valence-electron chi connectivity index (χ4n) is 1.04. The molecule has 6 N–H and O–H groups in total. The van der Waals surface area contributed by atoms with Crippen LogP contribution < -0.4 is 17.2 Å². The summed E-state index contributed by atoms with van der Waals surface area (Å²) in [4.78, 5) is 11.1. The minimum atomic E-state index is -5.37. The SMILES string of the molecule is NC(N)=Nc1nc(CN=C(N)CS(=O)(=O)C(F)(F)F)cs1. The minimum absolute atomic E-state index is 0.185. The minimum Gasteiger partial charge on any atom is -0.387 e. The topological polar surface area (TPSA) is 150 Å². The Bertz CT molecular complexity index is 660. The van der Waals surface area contributed by atoms with Crippen LogP contribution in [0, 0.1) is 0 Å². The van der Waals surface area contributed by atoms with Gasteiger partial charge in [-0.15, -0.1) is 11.3 Å². The van der Waals surface area contributed by atoms with Gasteiger partial charge in [0.1, 0.15) is 11.6 Å². The number of nitrogens with zero attached hydrogens (tertiary/aromatic N) is 3. The van der Waals surface area contributed by atoms with E-state index in [1.807, 2.05) is 0 Å². The first-order chi connectivity index (χ1) is 9.51. The molecule has 0 saturated carbocycles. The van der Waals surface area contributed by atoms with Crippen molar-refractivity contribution in [3.63, 3.8) is 0 Å². The molecule has 0 radical (unpaired) electrons. The molecule has 0 aromatic carbocycles. The van der Waals surface area contributed by atoms with Gasteiger partial charge in [0, 0.05) is 5.38 Å². The highest BCUT2D eigenvalue weighted by atomic mass is 32.2. The third-order valence-corrected chi connectivity index (χ3v) is 4.06. The summed E-state index contributed by atoms with van der Waals surface area (Å²) in [7, 11) is -5.34. The molecule has 13 heteroatoms. The van der Waals surface area contributed by atoms with Crippen molar-refractivity contribution in [3.05, 3.63) is 11.1 Å². The zero-order chi connectivity index (χ0) is 16.3. The summed E-state index contributed by atoms with van der Waals surface area (Å²) in [5.74, 6) is -2.26. The number of nitrogens with two attached hydrogens (primary N) is 3. The molecule has 0 saturated heterocycles. The average molecular weight is 344 g/mol. The van der Waals surface area contributed by atoms with E-state index in [0.717, 1.165) is 11.3 Å². The summed E-state index contributed by atoms with van der Waals surface area (Å²) in [6, 6.07) is 0. The summed E-state index contributed by atoms with van der Waals surface area (Å²) in [6.07, 6.45) is 0. The third-order valence-electron chi connectivity index (χ3n) is 1.90. The van der Waals surface area contributed by atoms with Crippen LogP contribution in [0.2, 0.25) is 0 Å². The van der Waals surface area contributed by atoms with Crippen LogP contribution in [0.5, 0.6) is 0 Å². The van der Waals surface area contributed by atoms with Gasteiger partial charge < -0.3 is 17.2 Å². The lowest BCUT2D eigenvalue weighted by Crippen LogP contribution is -2.33. The molecular weight excluding hydrogens is 333 g/mol. The van der Waals surface area contributed by atoms with Crippen LogP contribution in [-0.4, -0.2) is 36.5 Å². The third kappa shape index (κ3) is 5.18. The second kappa shape index (κ2) is 6.26. The molecule has 0 fully saturated rings. The predicted molar refractivity (Wildman–Crippen MR) is 72.8 cm³/mol. The molecule has 1 aromatic heterocycles. The molecule has 0 unspecified atom stereocenters. The van der Waals surface area contributed by atoms with Crippen molar-refractivity contribution in [2.75, 3.05) is 5.75 Å². The van der Waals surface area contributed by atoms with E-state index in [4.69, 9.17) is 17.2 Å². The van der Waals surface area contributed by atoms with Crippen LogP contribution in [0.25, 0.3) is 0 Å². The largest absolute Gasteiger partial charge is 0.497 e. The first-order valence-electron chi connectivity index (χ1n) is 5.13. The van der Waals surface area contributed by atoms with Gasteiger partial charge in [-0.3, -0.25) is 4.99 Å². The maximum Gasteiger partial charge on any atom is 0.497 e. The Hall–Kier alpha value is -1.89. The van der Waals surface area contributed by atoms with E-state index in [9.17, 15) is 21.6 Å². The Balaban J connectivity index is 2.73. The Morgan fingerprint density at radius 3 is 2.48 bits per heavy atom. The summed E-state index contributed by atoms with van der Waals surface area (Å²) in [6.45, 7) is -0.185. The van der Waals surface area contributed by atoms with Gasteiger partial charge in [0.2, 0.25) is 5.13 Å². The Kier molecular flexibility index (Phi) is 5.11. The molecule has 1 rings (SSSR count). The highest BCUT2D eigenvalue weighted by Gasteiger charge is 2.45. The van der Waals surface area contributed by atoms with Crippen molar-refractivity contribution in [1.29, 1.82) is 0 Å². The molecule has 8 nitrogen and oxygen atoms in total. The molecule has 118 valence electrons. The van der Waals surface area contributed by atoms with Crippen molar-refractivity contribution in [2.24, 2.45) is 27.2 Å². The number of hydrogen-bond acceptors (Lipinski definition) is 6. The lowest BCUT2D eigenvalue weighted by molar-refractivity contribution is -0.0432. The first-order valence-corrected chi connectivity index (χ1v) is 7.66. The van der Waals surface area contributed by atoms with E-state index in [0.29, 0.717) is 5.69 Å². The molecule has 1 heterocycles. The monoisotopic (exact) mass is 344 g/mol. The van der Waals surface area contributed by atoms with Crippen molar-refractivity contribution in [2.45, 2.75) is 12.1 Å². The molecule has 21 heavy (non-hydrogen) atoms. The molecule has 0 amide bonds. The molecule has 0 bridgehead atoms. The van der Waals surface area contributed by atoms with E-state index in [-0.39, 0.29) is 17.6 Å². The summed E-state index contributed by atoms with van der Waals surface area (Å²) in [5, 5.41) is 1.75. The Morgan fingerprint density at radius 1 is 1.33 bits per heavy atom. The first kappa shape index (κ1) is 17.2. The lowest BCUT2D eigenvalue weighted by Gasteiger charge is -2.07. The van der Waals surface area contributed by atoms with Crippen LogP contribution >= 0.6 is 11.3 Å². The highest BCUT2D eigenvalue weighted by Crippen LogP contribution is 2.23. The summed E-state index contributed by atoms with van der Waals surface area (Å²) >= 11 is 1.08. The summed E-state index contributed by atoms with van der Waals surface area (Å²) < 4.78 is 58.1. The second-order valence-electron chi connectivity index (χ2n) is 3.67. The van der Waals surface area contributed by atoms with Gasteiger partial charge in [-0.2, -0.15) is 18.2 Å². The quantitative estimate of drug-likeness (QED) is 0.499. The Morgan fingerprint density at radius 2 is 1.95 bits per heavy atom. The van der Waals surface area contributed by atoms with Crippen LogP contribution in [0.4, 0.5) is 18.3 Å². The molecule has 0 aliphatic heterocycles. The van der Waals surface area contributed by atoms with Gasteiger partial charge in [0.15, 0.2) is 5.96 Å². The van der Waals surface area contributed by atoms with Gasteiger partial charge in [-0.05, 0) is 0 Å².